The van der Waals surface area contributed by atoms with Crippen molar-refractivity contribution in [2.24, 2.45) is 15.9 Å². The zero-order valence-electron chi connectivity index (χ0n) is 10.9. The van der Waals surface area contributed by atoms with E-state index in [1.807, 2.05) is 24.3 Å². The minimum Gasteiger partial charge on any atom is -0.197 e. The number of benzene rings is 1. The third kappa shape index (κ3) is 3.89. The molecular formula is C16H14N2S2. The molecule has 4 heteroatoms. The van der Waals surface area contributed by atoms with E-state index in [4.69, 9.17) is 0 Å². The fraction of sp³-hybridized carbons (Fsp3) is 0.250. The highest BCUT2D eigenvalue weighted by atomic mass is 32.1. The SMILES string of the molecule is S=C=NC1(N=C=S)C=CC(C=Cc2ccccc2)CC1. The van der Waals surface area contributed by atoms with Crippen molar-refractivity contribution in [3.8, 4) is 0 Å². The van der Waals surface area contributed by atoms with Crippen LogP contribution in [0, 0.1) is 5.92 Å². The highest BCUT2D eigenvalue weighted by molar-refractivity contribution is 7.78. The Bertz CT molecular complexity index is 589. The molecule has 1 aromatic rings. The lowest BCUT2D eigenvalue weighted by atomic mass is 9.88. The van der Waals surface area contributed by atoms with Crippen LogP contribution in [0.3, 0.4) is 0 Å². The molecule has 0 saturated carbocycles. The zero-order chi connectivity index (χ0) is 14.3. The van der Waals surface area contributed by atoms with Gasteiger partial charge in [-0.15, -0.1) is 0 Å². The van der Waals surface area contributed by atoms with Gasteiger partial charge in [-0.1, -0.05) is 48.6 Å². The van der Waals surface area contributed by atoms with E-state index >= 15 is 0 Å². The molecule has 2 rings (SSSR count). The Morgan fingerprint density at radius 1 is 1.15 bits per heavy atom. The average molecular weight is 298 g/mol. The van der Waals surface area contributed by atoms with E-state index in [0.29, 0.717) is 5.92 Å². The lowest BCUT2D eigenvalue weighted by molar-refractivity contribution is 0.449. The van der Waals surface area contributed by atoms with Crippen LogP contribution < -0.4 is 0 Å². The van der Waals surface area contributed by atoms with Crippen LogP contribution >= 0.6 is 24.4 Å². The van der Waals surface area contributed by atoms with Crippen LogP contribution in [-0.4, -0.2) is 16.0 Å². The van der Waals surface area contributed by atoms with E-state index in [9.17, 15) is 0 Å². The number of isothiocyanates is 2. The first-order chi connectivity index (χ1) is 9.78. The Morgan fingerprint density at radius 3 is 2.40 bits per heavy atom. The summed E-state index contributed by atoms with van der Waals surface area (Å²) in [4.78, 5) is 8.23. The minimum atomic E-state index is -0.680. The van der Waals surface area contributed by atoms with Gasteiger partial charge < -0.3 is 0 Å². The van der Waals surface area contributed by atoms with Crippen molar-refractivity contribution in [3.05, 3.63) is 54.1 Å². The first kappa shape index (κ1) is 14.7. The van der Waals surface area contributed by atoms with Gasteiger partial charge in [-0.05, 0) is 54.8 Å². The molecule has 2 nitrogen and oxygen atoms in total. The maximum Gasteiger partial charge on any atom is 0.188 e. The van der Waals surface area contributed by atoms with E-state index in [1.165, 1.54) is 5.56 Å². The highest BCUT2D eigenvalue weighted by Crippen LogP contribution is 2.31. The predicted molar refractivity (Wildman–Crippen MR) is 90.1 cm³/mol. The van der Waals surface area contributed by atoms with Crippen LogP contribution in [-0.2, 0) is 0 Å². The van der Waals surface area contributed by atoms with Gasteiger partial charge in [0.15, 0.2) is 5.66 Å². The number of rotatable bonds is 4. The molecule has 0 aliphatic heterocycles. The predicted octanol–water partition coefficient (Wildman–Crippen LogP) is 4.57. The Kier molecular flexibility index (Phi) is 5.28. The van der Waals surface area contributed by atoms with Crippen molar-refractivity contribution in [2.45, 2.75) is 18.5 Å². The Morgan fingerprint density at radius 2 is 1.85 bits per heavy atom. The molecule has 1 unspecified atom stereocenters. The number of thiocarbonyl (C=S) groups is 2. The molecule has 20 heavy (non-hydrogen) atoms. The van der Waals surface area contributed by atoms with Crippen LogP contribution in [0.5, 0.6) is 0 Å². The van der Waals surface area contributed by atoms with E-state index in [0.717, 1.165) is 12.8 Å². The van der Waals surface area contributed by atoms with Crippen molar-refractivity contribution < 1.29 is 0 Å². The molecule has 0 aromatic heterocycles. The van der Waals surface area contributed by atoms with Crippen LogP contribution in [0.15, 0.2) is 58.5 Å². The third-order valence-corrected chi connectivity index (χ3v) is 3.45. The topological polar surface area (TPSA) is 24.7 Å². The van der Waals surface area contributed by atoms with Crippen LogP contribution in [0.25, 0.3) is 6.08 Å². The fourth-order valence-corrected chi connectivity index (χ4v) is 2.48. The number of hydrogen-bond acceptors (Lipinski definition) is 4. The van der Waals surface area contributed by atoms with Gasteiger partial charge >= 0.3 is 0 Å². The molecule has 0 heterocycles. The fourth-order valence-electron chi connectivity index (χ4n) is 2.17. The number of hydrogen-bond donors (Lipinski definition) is 0. The van der Waals surface area contributed by atoms with Crippen molar-refractivity contribution in [2.75, 3.05) is 0 Å². The number of allylic oxidation sites excluding steroid dienone is 2. The first-order valence-corrected chi connectivity index (χ1v) is 7.20. The standard InChI is InChI=1S/C16H14N2S2/c19-12-17-16(18-13-20)10-8-15(9-11-16)7-6-14-4-2-1-3-5-14/h1-8,10,15H,9,11H2. The quantitative estimate of drug-likeness (QED) is 0.462. The lowest BCUT2D eigenvalue weighted by Crippen LogP contribution is -2.24. The summed E-state index contributed by atoms with van der Waals surface area (Å²) >= 11 is 9.35. The maximum atomic E-state index is 4.68. The van der Waals surface area contributed by atoms with Crippen LogP contribution in [0.2, 0.25) is 0 Å². The minimum absolute atomic E-state index is 0.379. The van der Waals surface area contributed by atoms with Gasteiger partial charge in [0.25, 0.3) is 0 Å². The molecule has 100 valence electrons. The van der Waals surface area contributed by atoms with Crippen LogP contribution in [0.4, 0.5) is 0 Å². The van der Waals surface area contributed by atoms with Gasteiger partial charge in [-0.3, -0.25) is 0 Å². The van der Waals surface area contributed by atoms with Gasteiger partial charge in [0.05, 0.1) is 10.3 Å². The summed E-state index contributed by atoms with van der Waals surface area (Å²) in [5.41, 5.74) is 0.521. The second-order valence-corrected chi connectivity index (χ2v) is 4.98. The van der Waals surface area contributed by atoms with Crippen molar-refractivity contribution in [1.82, 2.24) is 0 Å². The third-order valence-electron chi connectivity index (χ3n) is 3.27. The van der Waals surface area contributed by atoms with Crippen LogP contribution in [0.1, 0.15) is 18.4 Å². The summed E-state index contributed by atoms with van der Waals surface area (Å²) in [5.74, 6) is 0.379. The summed E-state index contributed by atoms with van der Waals surface area (Å²) in [6.45, 7) is 0. The van der Waals surface area contributed by atoms with E-state index < -0.39 is 5.66 Å². The maximum absolute atomic E-state index is 4.68. The Balaban J connectivity index is 2.10. The van der Waals surface area contributed by atoms with Gasteiger partial charge in [0.1, 0.15) is 0 Å². The second-order valence-electron chi connectivity index (χ2n) is 4.62. The molecule has 0 N–H and O–H groups in total. The number of nitrogens with zero attached hydrogens (tertiary/aromatic N) is 2. The smallest absolute Gasteiger partial charge is 0.188 e. The summed E-state index contributed by atoms with van der Waals surface area (Å²) in [6, 6.07) is 10.2. The zero-order valence-corrected chi connectivity index (χ0v) is 12.5. The average Bonchev–Trinajstić information content (AvgIpc) is 2.48. The molecule has 0 fully saturated rings. The molecule has 0 saturated heterocycles. The van der Waals surface area contributed by atoms with Gasteiger partial charge in [0, 0.05) is 0 Å². The molecular weight excluding hydrogens is 284 g/mol. The van der Waals surface area contributed by atoms with Crippen molar-refractivity contribution >= 4 is 40.8 Å². The summed E-state index contributed by atoms with van der Waals surface area (Å²) < 4.78 is 0. The monoisotopic (exact) mass is 298 g/mol. The largest absolute Gasteiger partial charge is 0.197 e. The van der Waals surface area contributed by atoms with Gasteiger partial charge in [-0.2, -0.15) is 9.98 Å². The normalized spacial score (nSPS) is 24.9. The van der Waals surface area contributed by atoms with E-state index in [1.54, 1.807) is 0 Å². The first-order valence-electron chi connectivity index (χ1n) is 6.39. The lowest BCUT2D eigenvalue weighted by Gasteiger charge is -2.25. The Labute approximate surface area is 129 Å². The Hall–Kier alpha value is -1.70. The summed E-state index contributed by atoms with van der Waals surface area (Å²) in [6.07, 6.45) is 10.1. The number of aliphatic imine (C=N–C) groups is 2. The van der Waals surface area contributed by atoms with E-state index in [2.05, 4.69) is 75.1 Å². The molecule has 1 atom stereocenters. The molecule has 0 amide bonds. The summed E-state index contributed by atoms with van der Waals surface area (Å²) in [7, 11) is 0. The molecule has 0 spiro atoms. The molecule has 1 aliphatic carbocycles. The highest BCUT2D eigenvalue weighted by Gasteiger charge is 2.29. The summed E-state index contributed by atoms with van der Waals surface area (Å²) in [5, 5.41) is 4.79. The second kappa shape index (κ2) is 7.18. The molecule has 1 aromatic carbocycles. The molecule has 1 aliphatic rings. The van der Waals surface area contributed by atoms with Gasteiger partial charge in [0.2, 0.25) is 0 Å². The van der Waals surface area contributed by atoms with Gasteiger partial charge in [-0.25, -0.2) is 0 Å². The van der Waals surface area contributed by atoms with E-state index in [-0.39, 0.29) is 0 Å². The molecule has 0 bridgehead atoms. The van der Waals surface area contributed by atoms with Crippen molar-refractivity contribution in [3.63, 3.8) is 0 Å². The molecule has 0 radical (unpaired) electrons. The van der Waals surface area contributed by atoms with Crippen molar-refractivity contribution in [1.29, 1.82) is 0 Å².